The van der Waals surface area contributed by atoms with Crippen LogP contribution in [0.3, 0.4) is 0 Å². The highest BCUT2D eigenvalue weighted by atomic mass is 16.8. The van der Waals surface area contributed by atoms with Crippen LogP contribution in [-0.4, -0.2) is 60.9 Å². The van der Waals surface area contributed by atoms with Crippen LogP contribution in [0.15, 0.2) is 23.3 Å². The Morgan fingerprint density at radius 2 is 1.29 bits per heavy atom. The Kier molecular flexibility index (Phi) is 10.0. The van der Waals surface area contributed by atoms with Crippen LogP contribution in [0.5, 0.6) is 0 Å². The van der Waals surface area contributed by atoms with Gasteiger partial charge in [0.15, 0.2) is 18.3 Å². The van der Waals surface area contributed by atoms with Crippen molar-refractivity contribution in [1.29, 1.82) is 0 Å². The van der Waals surface area contributed by atoms with E-state index >= 15 is 0 Å². The van der Waals surface area contributed by atoms with Gasteiger partial charge in [-0.05, 0) is 87.1 Å². The van der Waals surface area contributed by atoms with Crippen molar-refractivity contribution in [2.24, 2.45) is 22.2 Å². The second-order valence-corrected chi connectivity index (χ2v) is 14.3. The van der Waals surface area contributed by atoms with Gasteiger partial charge >= 0.3 is 23.9 Å². The fourth-order valence-electron chi connectivity index (χ4n) is 4.83. The number of allylic oxidation sites excluding steroid dienone is 1. The highest BCUT2D eigenvalue weighted by Gasteiger charge is 2.55. The van der Waals surface area contributed by atoms with Gasteiger partial charge in [0, 0.05) is 6.08 Å². The molecule has 0 N–H and O–H groups in total. The standard InChI is InChI=1S/C32H48O10/c1-12-17-14-15-18-16-20(33)38-25(21(17)18)42-26-24(41-29(36)32(9,10)11)23(40-28(35)31(6,7)8)22(19(13-2)37-26)39-27(34)30(3,4)5/h14,16,19,21-26H,12-13,15H2,1-11H3/t19-,21-,22-,23+,24-,25+,26+/m1/s1. The van der Waals surface area contributed by atoms with Gasteiger partial charge in [0.25, 0.3) is 0 Å². The number of carbonyl (C=O) groups is 4. The lowest BCUT2D eigenvalue weighted by Crippen LogP contribution is -2.63. The van der Waals surface area contributed by atoms with E-state index < -0.39 is 77.1 Å². The van der Waals surface area contributed by atoms with E-state index in [0.29, 0.717) is 12.8 Å². The minimum absolute atomic E-state index is 0.317. The van der Waals surface area contributed by atoms with Crippen LogP contribution >= 0.6 is 0 Å². The zero-order chi connectivity index (χ0) is 31.8. The van der Waals surface area contributed by atoms with Crippen LogP contribution in [0, 0.1) is 22.2 Å². The average molecular weight is 593 g/mol. The normalized spacial score (nSPS) is 30.0. The Balaban J connectivity index is 2.09. The molecule has 1 aliphatic carbocycles. The van der Waals surface area contributed by atoms with Crippen molar-refractivity contribution in [3.8, 4) is 0 Å². The van der Waals surface area contributed by atoms with Crippen molar-refractivity contribution in [2.75, 3.05) is 0 Å². The third-order valence-electron chi connectivity index (χ3n) is 7.44. The average Bonchev–Trinajstić information content (AvgIpc) is 3.27. The molecule has 0 bridgehead atoms. The van der Waals surface area contributed by atoms with Gasteiger partial charge in [-0.2, -0.15) is 0 Å². The van der Waals surface area contributed by atoms with Gasteiger partial charge in [0.2, 0.25) is 12.6 Å². The van der Waals surface area contributed by atoms with Gasteiger partial charge in [-0.3, -0.25) is 14.4 Å². The van der Waals surface area contributed by atoms with Crippen molar-refractivity contribution in [3.05, 3.63) is 23.3 Å². The lowest BCUT2D eigenvalue weighted by molar-refractivity contribution is -0.339. The third kappa shape index (κ3) is 7.61. The number of cyclic esters (lactones) is 1. The van der Waals surface area contributed by atoms with Crippen LogP contribution in [-0.2, 0) is 47.6 Å². The summed E-state index contributed by atoms with van der Waals surface area (Å²) in [5, 5.41) is 0. The van der Waals surface area contributed by atoms with Crippen molar-refractivity contribution in [1.82, 2.24) is 0 Å². The molecule has 2 aliphatic heterocycles. The smallest absolute Gasteiger partial charge is 0.333 e. The van der Waals surface area contributed by atoms with Gasteiger partial charge in [0.05, 0.1) is 22.2 Å². The molecular weight excluding hydrogens is 544 g/mol. The SMILES string of the molecule is CCC1=CCC2=CC(=O)O[C@@H](O[C@@H]3O[C@H](CC)[C@@H](OC(=O)C(C)(C)C)[C@H](OC(=O)C(C)(C)C)[C@H]3OC(=O)C(C)(C)C)[C@H]12. The highest BCUT2D eigenvalue weighted by Crippen LogP contribution is 2.42. The molecule has 0 spiro atoms. The first-order valence-corrected chi connectivity index (χ1v) is 14.8. The molecule has 10 nitrogen and oxygen atoms in total. The number of hydrogen-bond acceptors (Lipinski definition) is 10. The minimum Gasteiger partial charge on any atom is -0.455 e. The monoisotopic (exact) mass is 592 g/mol. The quantitative estimate of drug-likeness (QED) is 0.222. The summed E-state index contributed by atoms with van der Waals surface area (Å²) in [6.07, 6.45) is -1.65. The van der Waals surface area contributed by atoms with E-state index in [2.05, 4.69) is 6.08 Å². The van der Waals surface area contributed by atoms with Gasteiger partial charge < -0.3 is 28.4 Å². The lowest BCUT2D eigenvalue weighted by Gasteiger charge is -2.47. The molecule has 3 aliphatic rings. The van der Waals surface area contributed by atoms with Crippen LogP contribution in [0.25, 0.3) is 0 Å². The number of hydrogen-bond donors (Lipinski definition) is 0. The van der Waals surface area contributed by atoms with Crippen molar-refractivity contribution < 1.29 is 47.6 Å². The van der Waals surface area contributed by atoms with Crippen LogP contribution in [0.4, 0.5) is 0 Å². The summed E-state index contributed by atoms with van der Waals surface area (Å²) < 4.78 is 36.3. The Bertz CT molecular complexity index is 1110. The summed E-state index contributed by atoms with van der Waals surface area (Å²) in [7, 11) is 0. The molecule has 42 heavy (non-hydrogen) atoms. The summed E-state index contributed by atoms with van der Waals surface area (Å²) in [5.41, 5.74) is -0.799. The molecular formula is C32H48O10. The minimum atomic E-state index is -1.34. The van der Waals surface area contributed by atoms with E-state index in [1.165, 1.54) is 6.08 Å². The Morgan fingerprint density at radius 1 is 0.786 bits per heavy atom. The maximum Gasteiger partial charge on any atom is 0.333 e. The molecule has 1 fully saturated rings. The first-order chi connectivity index (χ1) is 19.3. The van der Waals surface area contributed by atoms with Gasteiger partial charge in [-0.25, -0.2) is 4.79 Å². The van der Waals surface area contributed by atoms with Gasteiger partial charge in [-0.1, -0.05) is 25.5 Å². The van der Waals surface area contributed by atoms with Crippen LogP contribution in [0.2, 0.25) is 0 Å². The molecule has 0 saturated carbocycles. The maximum atomic E-state index is 13.3. The van der Waals surface area contributed by atoms with E-state index in [9.17, 15) is 19.2 Å². The summed E-state index contributed by atoms with van der Waals surface area (Å²) in [4.78, 5) is 52.2. The van der Waals surface area contributed by atoms with E-state index in [0.717, 1.165) is 17.6 Å². The van der Waals surface area contributed by atoms with Crippen molar-refractivity contribution in [3.63, 3.8) is 0 Å². The summed E-state index contributed by atoms with van der Waals surface area (Å²) >= 11 is 0. The molecule has 0 unspecified atom stereocenters. The summed E-state index contributed by atoms with van der Waals surface area (Å²) in [5.74, 6) is -2.59. The van der Waals surface area contributed by atoms with Crippen molar-refractivity contribution >= 4 is 23.9 Å². The molecule has 2 heterocycles. The fraction of sp³-hybridized carbons (Fsp3) is 0.750. The van der Waals surface area contributed by atoms with Gasteiger partial charge in [-0.15, -0.1) is 0 Å². The van der Waals surface area contributed by atoms with E-state index in [1.807, 2.05) is 13.8 Å². The second-order valence-electron chi connectivity index (χ2n) is 14.3. The van der Waals surface area contributed by atoms with Crippen molar-refractivity contribution in [2.45, 2.75) is 132 Å². The zero-order valence-corrected chi connectivity index (χ0v) is 26.9. The molecule has 3 rings (SSSR count). The first kappa shape index (κ1) is 33.8. The summed E-state index contributed by atoms with van der Waals surface area (Å²) in [6.45, 7) is 19.1. The predicted octanol–water partition coefficient (Wildman–Crippen LogP) is 5.18. The maximum absolute atomic E-state index is 13.3. The molecule has 0 amide bonds. The molecule has 10 heteroatoms. The number of rotatable bonds is 7. The lowest BCUT2D eigenvalue weighted by atomic mass is 9.91. The molecule has 1 saturated heterocycles. The highest BCUT2D eigenvalue weighted by molar-refractivity contribution is 5.84. The molecule has 0 aromatic carbocycles. The predicted molar refractivity (Wildman–Crippen MR) is 152 cm³/mol. The molecule has 236 valence electrons. The number of carbonyl (C=O) groups excluding carboxylic acids is 4. The topological polar surface area (TPSA) is 124 Å². The molecule has 0 aromatic heterocycles. The van der Waals surface area contributed by atoms with Gasteiger partial charge in [0.1, 0.15) is 6.10 Å². The second kappa shape index (κ2) is 12.5. The molecule has 0 aromatic rings. The Morgan fingerprint density at radius 3 is 1.76 bits per heavy atom. The fourth-order valence-corrected chi connectivity index (χ4v) is 4.83. The largest absolute Gasteiger partial charge is 0.455 e. The summed E-state index contributed by atoms with van der Waals surface area (Å²) in [6, 6.07) is 0. The van der Waals surface area contributed by atoms with E-state index in [-0.39, 0.29) is 5.92 Å². The number of fused-ring (bicyclic) bond motifs is 1. The van der Waals surface area contributed by atoms with E-state index in [1.54, 1.807) is 62.3 Å². The Labute approximate surface area is 249 Å². The zero-order valence-electron chi connectivity index (χ0n) is 26.9. The van der Waals surface area contributed by atoms with E-state index in [4.69, 9.17) is 28.4 Å². The van der Waals surface area contributed by atoms with Crippen LogP contribution < -0.4 is 0 Å². The third-order valence-corrected chi connectivity index (χ3v) is 7.44. The molecule has 7 atom stereocenters. The molecule has 0 radical (unpaired) electrons. The number of ether oxygens (including phenoxy) is 6. The number of esters is 4. The Hall–Kier alpha value is -2.72. The van der Waals surface area contributed by atoms with Crippen LogP contribution in [0.1, 0.15) is 95.4 Å². The first-order valence-electron chi connectivity index (χ1n) is 14.8.